The first kappa shape index (κ1) is 36.0. The van der Waals surface area contributed by atoms with E-state index < -0.39 is 0 Å². The molecule has 11 rings (SSSR count). The second-order valence-electron chi connectivity index (χ2n) is 15.3. The van der Waals surface area contributed by atoms with Crippen LogP contribution in [0.2, 0.25) is 0 Å². The maximum atomic E-state index is 7.23. The van der Waals surface area contributed by atoms with Crippen LogP contribution in [0.1, 0.15) is 0 Å². The lowest BCUT2D eigenvalue weighted by Crippen LogP contribution is -2.13. The molecule has 3 nitrogen and oxygen atoms in total. The molecule has 61 heavy (non-hydrogen) atoms. The van der Waals surface area contributed by atoms with E-state index >= 15 is 0 Å². The first-order valence-electron chi connectivity index (χ1n) is 20.8. The van der Waals surface area contributed by atoms with Crippen LogP contribution in [0.25, 0.3) is 66.1 Å². The van der Waals surface area contributed by atoms with Crippen LogP contribution in [0.15, 0.2) is 247 Å². The monoisotopic (exact) mass is 780 g/mol. The Kier molecular flexibility index (Phi) is 9.18. The standard InChI is InChI=1S/C58H40N2O/c1-5-16-41(17-6-1)43-28-33-51(34-29-43)60(49-25-11-4-12-26-49)55-39-38-54(56-53-37-32-45-20-13-14-27-52(45)57(53)61-58(55)56)59(48-23-9-3-10-24-48)50-35-30-44(31-36-50)47-22-15-21-46(40-47)42-18-7-2-8-19-42/h1-40H. The van der Waals surface area contributed by atoms with Gasteiger partial charge in [-0.1, -0.05) is 170 Å². The molecule has 3 heteroatoms. The topological polar surface area (TPSA) is 19.6 Å². The maximum absolute atomic E-state index is 7.23. The van der Waals surface area contributed by atoms with Crippen molar-refractivity contribution in [1.29, 1.82) is 0 Å². The zero-order valence-corrected chi connectivity index (χ0v) is 33.4. The van der Waals surface area contributed by atoms with E-state index in [-0.39, 0.29) is 0 Å². The molecule has 0 aliphatic carbocycles. The summed E-state index contributed by atoms with van der Waals surface area (Å²) in [6.07, 6.45) is 0. The number of hydrogen-bond donors (Lipinski definition) is 0. The van der Waals surface area contributed by atoms with Crippen molar-refractivity contribution < 1.29 is 4.42 Å². The lowest BCUT2D eigenvalue weighted by molar-refractivity contribution is 0.673. The van der Waals surface area contributed by atoms with E-state index in [9.17, 15) is 0 Å². The van der Waals surface area contributed by atoms with Crippen molar-refractivity contribution >= 4 is 66.8 Å². The van der Waals surface area contributed by atoms with Gasteiger partial charge in [-0.3, -0.25) is 0 Å². The summed E-state index contributed by atoms with van der Waals surface area (Å²) in [4.78, 5) is 4.68. The highest BCUT2D eigenvalue weighted by molar-refractivity contribution is 6.22. The van der Waals surface area contributed by atoms with Gasteiger partial charge in [0, 0.05) is 33.5 Å². The Morgan fingerprint density at radius 3 is 1.28 bits per heavy atom. The van der Waals surface area contributed by atoms with E-state index in [1.165, 1.54) is 27.8 Å². The highest BCUT2D eigenvalue weighted by atomic mass is 16.3. The van der Waals surface area contributed by atoms with Gasteiger partial charge in [-0.05, 0) is 112 Å². The molecule has 0 aliphatic rings. The lowest BCUT2D eigenvalue weighted by Gasteiger charge is -2.29. The first-order chi connectivity index (χ1) is 30.3. The van der Waals surface area contributed by atoms with Gasteiger partial charge in [0.15, 0.2) is 5.58 Å². The minimum Gasteiger partial charge on any atom is -0.453 e. The number of rotatable bonds is 9. The number of anilines is 6. The third kappa shape index (κ3) is 6.69. The summed E-state index contributed by atoms with van der Waals surface area (Å²) in [5.74, 6) is 0. The molecule has 0 unspecified atom stereocenters. The minimum atomic E-state index is 0.815. The molecular formula is C58H40N2O. The number of fused-ring (bicyclic) bond motifs is 5. The summed E-state index contributed by atoms with van der Waals surface area (Å²) in [7, 11) is 0. The second-order valence-corrected chi connectivity index (χ2v) is 15.3. The largest absolute Gasteiger partial charge is 0.453 e. The van der Waals surface area contributed by atoms with E-state index in [4.69, 9.17) is 4.42 Å². The zero-order chi connectivity index (χ0) is 40.5. The smallest absolute Gasteiger partial charge is 0.161 e. The van der Waals surface area contributed by atoms with Crippen molar-refractivity contribution in [2.75, 3.05) is 9.80 Å². The van der Waals surface area contributed by atoms with Crippen LogP contribution in [-0.4, -0.2) is 0 Å². The summed E-state index contributed by atoms with van der Waals surface area (Å²) in [6, 6.07) is 86.3. The molecule has 0 bridgehead atoms. The van der Waals surface area contributed by atoms with Gasteiger partial charge >= 0.3 is 0 Å². The van der Waals surface area contributed by atoms with Crippen LogP contribution in [0.3, 0.4) is 0 Å². The van der Waals surface area contributed by atoms with Gasteiger partial charge in [0.25, 0.3) is 0 Å². The molecule has 0 fully saturated rings. The molecule has 1 aromatic heterocycles. The van der Waals surface area contributed by atoms with Crippen molar-refractivity contribution in [1.82, 2.24) is 0 Å². The molecule has 1 heterocycles. The van der Waals surface area contributed by atoms with Gasteiger partial charge in [-0.2, -0.15) is 0 Å². The molecule has 10 aromatic carbocycles. The van der Waals surface area contributed by atoms with Gasteiger partial charge in [0.05, 0.1) is 16.8 Å². The van der Waals surface area contributed by atoms with Crippen molar-refractivity contribution in [2.45, 2.75) is 0 Å². The minimum absolute atomic E-state index is 0.815. The van der Waals surface area contributed by atoms with Gasteiger partial charge in [-0.15, -0.1) is 0 Å². The van der Waals surface area contributed by atoms with E-state index in [0.717, 1.165) is 72.4 Å². The fraction of sp³-hybridized carbons (Fsp3) is 0. The SMILES string of the molecule is c1ccc(-c2ccc(N(c3ccccc3)c3ccc(N(c4ccccc4)c4ccc(-c5cccc(-c6ccccc6)c5)cc4)c4c3oc3c5ccccc5ccc34)cc2)cc1. The Bertz CT molecular complexity index is 3270. The van der Waals surface area contributed by atoms with Crippen LogP contribution in [-0.2, 0) is 0 Å². The van der Waals surface area contributed by atoms with Crippen molar-refractivity contribution in [2.24, 2.45) is 0 Å². The Morgan fingerprint density at radius 1 is 0.262 bits per heavy atom. The van der Waals surface area contributed by atoms with Crippen molar-refractivity contribution in [3.8, 4) is 33.4 Å². The molecule has 0 saturated carbocycles. The van der Waals surface area contributed by atoms with Crippen LogP contribution in [0.4, 0.5) is 34.1 Å². The molecule has 0 saturated heterocycles. The Morgan fingerprint density at radius 2 is 0.689 bits per heavy atom. The molecule has 0 amide bonds. The number of benzene rings is 10. The summed E-state index contributed by atoms with van der Waals surface area (Å²) in [5.41, 5.74) is 15.0. The highest BCUT2D eigenvalue weighted by Gasteiger charge is 2.26. The predicted octanol–water partition coefficient (Wildman–Crippen LogP) is 16.7. The van der Waals surface area contributed by atoms with Crippen LogP contribution < -0.4 is 9.80 Å². The molecule has 11 aromatic rings. The predicted molar refractivity (Wildman–Crippen MR) is 257 cm³/mol. The van der Waals surface area contributed by atoms with Crippen LogP contribution >= 0.6 is 0 Å². The van der Waals surface area contributed by atoms with Gasteiger partial charge in [0.2, 0.25) is 0 Å². The highest BCUT2D eigenvalue weighted by Crippen LogP contribution is 2.50. The quantitative estimate of drug-likeness (QED) is 0.145. The van der Waals surface area contributed by atoms with E-state index in [1.807, 2.05) is 0 Å². The average Bonchev–Trinajstić information content (AvgIpc) is 3.75. The summed E-state index contributed by atoms with van der Waals surface area (Å²) in [6.45, 7) is 0. The summed E-state index contributed by atoms with van der Waals surface area (Å²) in [5, 5.41) is 4.33. The van der Waals surface area contributed by atoms with E-state index in [0.29, 0.717) is 0 Å². The van der Waals surface area contributed by atoms with Gasteiger partial charge < -0.3 is 14.2 Å². The second kappa shape index (κ2) is 15.6. The first-order valence-corrected chi connectivity index (χ1v) is 20.8. The third-order valence-electron chi connectivity index (χ3n) is 11.6. The maximum Gasteiger partial charge on any atom is 0.161 e. The fourth-order valence-corrected chi connectivity index (χ4v) is 8.69. The average molecular weight is 781 g/mol. The molecular weight excluding hydrogens is 741 g/mol. The Labute approximate surface area is 355 Å². The Balaban J connectivity index is 1.11. The Hall–Kier alpha value is -8.14. The van der Waals surface area contributed by atoms with E-state index in [2.05, 4.69) is 252 Å². The zero-order valence-electron chi connectivity index (χ0n) is 33.4. The van der Waals surface area contributed by atoms with E-state index in [1.54, 1.807) is 0 Å². The van der Waals surface area contributed by atoms with Crippen LogP contribution in [0, 0.1) is 0 Å². The normalized spacial score (nSPS) is 11.3. The van der Waals surface area contributed by atoms with Crippen molar-refractivity contribution in [3.63, 3.8) is 0 Å². The summed E-state index contributed by atoms with van der Waals surface area (Å²) < 4.78 is 7.23. The molecule has 0 spiro atoms. The number of nitrogens with zero attached hydrogens (tertiary/aromatic N) is 2. The van der Waals surface area contributed by atoms with Gasteiger partial charge in [-0.25, -0.2) is 0 Å². The number of hydrogen-bond acceptors (Lipinski definition) is 3. The molecule has 0 atom stereocenters. The summed E-state index contributed by atoms with van der Waals surface area (Å²) >= 11 is 0. The third-order valence-corrected chi connectivity index (χ3v) is 11.6. The lowest BCUT2D eigenvalue weighted by atomic mass is 9.98. The fourth-order valence-electron chi connectivity index (χ4n) is 8.69. The molecule has 0 N–H and O–H groups in total. The van der Waals surface area contributed by atoms with Crippen LogP contribution in [0.5, 0.6) is 0 Å². The molecule has 0 aliphatic heterocycles. The number of para-hydroxylation sites is 2. The van der Waals surface area contributed by atoms with Gasteiger partial charge in [0.1, 0.15) is 5.58 Å². The number of furan rings is 1. The molecule has 0 radical (unpaired) electrons. The molecule has 288 valence electrons. The van der Waals surface area contributed by atoms with Crippen molar-refractivity contribution in [3.05, 3.63) is 243 Å².